The molecule has 0 radical (unpaired) electrons. The maximum atomic E-state index is 13.9. The average molecular weight is 371 g/mol. The van der Waals surface area contributed by atoms with E-state index in [-0.39, 0.29) is 30.9 Å². The van der Waals surface area contributed by atoms with Crippen LogP contribution in [0.5, 0.6) is 0 Å². The third-order valence-electron chi connectivity index (χ3n) is 4.16. The predicted molar refractivity (Wildman–Crippen MR) is 91.3 cm³/mol. The number of halogens is 2. The number of urea groups is 1. The molecule has 3 amide bonds. The van der Waals surface area contributed by atoms with Crippen molar-refractivity contribution in [2.45, 2.75) is 20.0 Å². The van der Waals surface area contributed by atoms with E-state index in [1.54, 1.807) is 13.0 Å². The van der Waals surface area contributed by atoms with Gasteiger partial charge in [0.25, 0.3) is 0 Å². The minimum Gasteiger partial charge on any atom is -0.349 e. The first kappa shape index (κ1) is 18.3. The number of fused-ring (bicyclic) bond motifs is 1. The number of nitrogens with one attached hydrogen (secondary N) is 2. The second kappa shape index (κ2) is 7.37. The molecule has 1 aliphatic rings. The molecular formula is C18H15F2N5O2. The van der Waals surface area contributed by atoms with Gasteiger partial charge in [-0.15, -0.1) is 0 Å². The quantitative estimate of drug-likeness (QED) is 0.861. The summed E-state index contributed by atoms with van der Waals surface area (Å²) in [6, 6.07) is 5.33. The van der Waals surface area contributed by atoms with Crippen LogP contribution in [-0.4, -0.2) is 28.4 Å². The van der Waals surface area contributed by atoms with Gasteiger partial charge in [0.1, 0.15) is 12.6 Å². The van der Waals surface area contributed by atoms with Crippen molar-refractivity contribution in [3.8, 4) is 6.07 Å². The van der Waals surface area contributed by atoms with E-state index in [2.05, 4.69) is 15.6 Å². The topological polar surface area (TPSA) is 98.1 Å². The summed E-state index contributed by atoms with van der Waals surface area (Å²) in [5, 5.41) is 13.9. The van der Waals surface area contributed by atoms with Gasteiger partial charge in [-0.2, -0.15) is 5.26 Å². The fourth-order valence-electron chi connectivity index (χ4n) is 2.70. The van der Waals surface area contributed by atoms with Crippen molar-refractivity contribution in [1.29, 1.82) is 5.26 Å². The first-order valence-electron chi connectivity index (χ1n) is 8.04. The van der Waals surface area contributed by atoms with E-state index < -0.39 is 23.6 Å². The summed E-state index contributed by atoms with van der Waals surface area (Å²) >= 11 is 0. The van der Waals surface area contributed by atoms with E-state index >= 15 is 0 Å². The minimum atomic E-state index is -1.05. The molecule has 0 fully saturated rings. The highest BCUT2D eigenvalue weighted by molar-refractivity contribution is 5.94. The zero-order chi connectivity index (χ0) is 19.6. The molecule has 0 atom stereocenters. The van der Waals surface area contributed by atoms with Crippen molar-refractivity contribution >= 4 is 17.6 Å². The molecule has 0 aliphatic carbocycles. The van der Waals surface area contributed by atoms with Crippen LogP contribution in [0.4, 0.5) is 19.3 Å². The fourth-order valence-corrected chi connectivity index (χ4v) is 2.70. The molecule has 2 N–H and O–H groups in total. The van der Waals surface area contributed by atoms with E-state index in [0.717, 1.165) is 16.5 Å². The largest absolute Gasteiger partial charge is 0.349 e. The lowest BCUT2D eigenvalue weighted by molar-refractivity contribution is -0.121. The van der Waals surface area contributed by atoms with E-state index in [1.807, 2.05) is 6.07 Å². The minimum absolute atomic E-state index is 0.00761. The average Bonchev–Trinajstić information content (AvgIpc) is 2.64. The van der Waals surface area contributed by atoms with Crippen molar-refractivity contribution in [3.63, 3.8) is 0 Å². The Kier molecular flexibility index (Phi) is 4.98. The van der Waals surface area contributed by atoms with Crippen LogP contribution in [0.3, 0.4) is 0 Å². The number of hydrogen-bond acceptors (Lipinski definition) is 4. The number of aryl methyl sites for hydroxylation is 1. The summed E-state index contributed by atoms with van der Waals surface area (Å²) in [6.07, 6.45) is 1.42. The Morgan fingerprint density at radius 3 is 2.93 bits per heavy atom. The van der Waals surface area contributed by atoms with Crippen molar-refractivity contribution < 1.29 is 18.4 Å². The standard InChI is InChI=1S/C18H15F2N5O2/c1-10-4-12(22-6-11(10)5-21)7-23-16(26)9-25-8-13-15(24-18(25)27)3-2-14(19)17(13)20/h2-4,6H,7-9H2,1H3,(H,23,26)(H,24,27). The summed E-state index contributed by atoms with van der Waals surface area (Å²) in [4.78, 5) is 29.3. The number of nitrogens with zero attached hydrogens (tertiary/aromatic N) is 3. The summed E-state index contributed by atoms with van der Waals surface area (Å²) in [6.45, 7) is 1.33. The molecule has 1 aromatic heterocycles. The van der Waals surface area contributed by atoms with Gasteiger partial charge in [0.2, 0.25) is 5.91 Å². The van der Waals surface area contributed by atoms with Crippen LogP contribution in [0.2, 0.25) is 0 Å². The number of hydrogen-bond donors (Lipinski definition) is 2. The Labute approximate surface area is 153 Å². The molecule has 7 nitrogen and oxygen atoms in total. The number of nitriles is 1. The van der Waals surface area contributed by atoms with Crippen molar-refractivity contribution in [2.75, 3.05) is 11.9 Å². The second-order valence-corrected chi connectivity index (χ2v) is 6.05. The molecule has 3 rings (SSSR count). The van der Waals surface area contributed by atoms with Crippen LogP contribution in [0, 0.1) is 29.9 Å². The van der Waals surface area contributed by atoms with E-state index in [1.165, 1.54) is 12.3 Å². The first-order chi connectivity index (χ1) is 12.9. The molecule has 2 aromatic rings. The third kappa shape index (κ3) is 3.84. The lowest BCUT2D eigenvalue weighted by atomic mass is 10.1. The number of anilines is 1. The third-order valence-corrected chi connectivity index (χ3v) is 4.16. The molecule has 0 saturated carbocycles. The highest BCUT2D eigenvalue weighted by Crippen LogP contribution is 2.27. The molecule has 27 heavy (non-hydrogen) atoms. The van der Waals surface area contributed by atoms with Gasteiger partial charge in [-0.3, -0.25) is 9.78 Å². The maximum Gasteiger partial charge on any atom is 0.322 e. The SMILES string of the molecule is Cc1cc(CNC(=O)CN2Cc3c(ccc(F)c3F)NC2=O)ncc1C#N. The first-order valence-corrected chi connectivity index (χ1v) is 8.04. The number of carbonyl (C=O) groups is 2. The Balaban J connectivity index is 1.62. The zero-order valence-corrected chi connectivity index (χ0v) is 14.3. The molecule has 138 valence electrons. The second-order valence-electron chi connectivity index (χ2n) is 6.05. The lowest BCUT2D eigenvalue weighted by Crippen LogP contribution is -2.45. The van der Waals surface area contributed by atoms with Gasteiger partial charge in [-0.1, -0.05) is 0 Å². The molecule has 0 saturated heterocycles. The Hall–Kier alpha value is -3.54. The number of benzene rings is 1. The summed E-state index contributed by atoms with van der Waals surface area (Å²) in [7, 11) is 0. The number of rotatable bonds is 4. The summed E-state index contributed by atoms with van der Waals surface area (Å²) in [5.74, 6) is -2.54. The lowest BCUT2D eigenvalue weighted by Gasteiger charge is -2.29. The Bertz CT molecular complexity index is 971. The predicted octanol–water partition coefficient (Wildman–Crippen LogP) is 2.20. The molecule has 9 heteroatoms. The number of aromatic nitrogens is 1. The van der Waals surface area contributed by atoms with Crippen LogP contribution in [0.25, 0.3) is 0 Å². The van der Waals surface area contributed by atoms with Crippen LogP contribution in [0.1, 0.15) is 22.4 Å². The number of pyridine rings is 1. The monoisotopic (exact) mass is 371 g/mol. The van der Waals surface area contributed by atoms with Gasteiger partial charge >= 0.3 is 6.03 Å². The van der Waals surface area contributed by atoms with Crippen molar-refractivity contribution in [1.82, 2.24) is 15.2 Å². The molecule has 1 aromatic carbocycles. The normalized spacial score (nSPS) is 12.8. The van der Waals surface area contributed by atoms with Crippen molar-refractivity contribution in [2.24, 2.45) is 0 Å². The smallest absolute Gasteiger partial charge is 0.322 e. The van der Waals surface area contributed by atoms with Gasteiger partial charge in [0.15, 0.2) is 11.6 Å². The van der Waals surface area contributed by atoms with Crippen LogP contribution in [-0.2, 0) is 17.9 Å². The van der Waals surface area contributed by atoms with Crippen LogP contribution >= 0.6 is 0 Å². The van der Waals surface area contributed by atoms with Gasteiger partial charge in [-0.05, 0) is 30.7 Å². The van der Waals surface area contributed by atoms with Crippen molar-refractivity contribution in [3.05, 3.63) is 58.4 Å². The fraction of sp³-hybridized carbons (Fsp3) is 0.222. The Morgan fingerprint density at radius 1 is 1.44 bits per heavy atom. The molecule has 0 unspecified atom stereocenters. The molecule has 1 aliphatic heterocycles. The van der Waals surface area contributed by atoms with Gasteiger partial charge in [0.05, 0.1) is 30.0 Å². The molecule has 2 heterocycles. The highest BCUT2D eigenvalue weighted by atomic mass is 19.2. The Morgan fingerprint density at radius 2 is 2.22 bits per heavy atom. The maximum absolute atomic E-state index is 13.9. The molecule has 0 bridgehead atoms. The van der Waals surface area contributed by atoms with Gasteiger partial charge in [-0.25, -0.2) is 13.6 Å². The highest BCUT2D eigenvalue weighted by Gasteiger charge is 2.27. The van der Waals surface area contributed by atoms with E-state index in [9.17, 15) is 18.4 Å². The van der Waals surface area contributed by atoms with Crippen LogP contribution in [0.15, 0.2) is 24.4 Å². The summed E-state index contributed by atoms with van der Waals surface area (Å²) in [5.41, 5.74) is 1.92. The molecule has 0 spiro atoms. The zero-order valence-electron chi connectivity index (χ0n) is 14.3. The number of carbonyl (C=O) groups excluding carboxylic acids is 2. The van der Waals surface area contributed by atoms with Gasteiger partial charge < -0.3 is 15.5 Å². The number of amides is 3. The summed E-state index contributed by atoms with van der Waals surface area (Å²) < 4.78 is 27.3. The molecular weight excluding hydrogens is 356 g/mol. The van der Waals surface area contributed by atoms with Gasteiger partial charge in [0, 0.05) is 11.8 Å². The van der Waals surface area contributed by atoms with Crippen LogP contribution < -0.4 is 10.6 Å². The van der Waals surface area contributed by atoms with E-state index in [4.69, 9.17) is 5.26 Å². The van der Waals surface area contributed by atoms with E-state index in [0.29, 0.717) is 11.3 Å².